The normalized spacial score (nSPS) is 13.2. The topological polar surface area (TPSA) is 53.9 Å². The Hall–Kier alpha value is -1.41. The number of rotatable bonds is 8. The van der Waals surface area contributed by atoms with Gasteiger partial charge in [-0.1, -0.05) is 19.1 Å². The molecule has 7 heteroatoms. The molecule has 0 radical (unpaired) electrons. The van der Waals surface area contributed by atoms with E-state index in [1.165, 1.54) is 16.2 Å². The molecule has 2 aromatic rings. The van der Waals surface area contributed by atoms with Crippen LogP contribution in [-0.2, 0) is 16.4 Å². The summed E-state index contributed by atoms with van der Waals surface area (Å²) >= 11 is 1.34. The lowest BCUT2D eigenvalue weighted by Crippen LogP contribution is -3.07. The number of nitrogens with one attached hydrogen (secondary N) is 2. The minimum absolute atomic E-state index is 0.0524. The molecule has 1 atom stereocenters. The van der Waals surface area contributed by atoms with E-state index in [2.05, 4.69) is 29.0 Å². The summed E-state index contributed by atoms with van der Waals surface area (Å²) in [4.78, 5) is 4.31. The van der Waals surface area contributed by atoms with Crippen LogP contribution < -0.4 is 14.5 Å². The Bertz CT molecular complexity index is 781. The molecular weight excluding hydrogens is 354 g/mol. The first-order chi connectivity index (χ1) is 11.7. The van der Waals surface area contributed by atoms with Crippen LogP contribution in [0.4, 0.5) is 5.69 Å². The second-order valence-electron chi connectivity index (χ2n) is 6.54. The summed E-state index contributed by atoms with van der Waals surface area (Å²) in [5, 5.41) is 0. The summed E-state index contributed by atoms with van der Waals surface area (Å²) in [6, 6.07) is 11.9. The van der Waals surface area contributed by atoms with E-state index in [1.807, 2.05) is 46.1 Å². The van der Waals surface area contributed by atoms with Crippen molar-refractivity contribution >= 4 is 27.0 Å². The van der Waals surface area contributed by atoms with E-state index in [9.17, 15) is 8.42 Å². The highest BCUT2D eigenvalue weighted by Crippen LogP contribution is 2.22. The Morgan fingerprint density at radius 2 is 1.76 bits per heavy atom. The van der Waals surface area contributed by atoms with E-state index in [0.29, 0.717) is 10.8 Å². The number of aryl methyl sites for hydroxylation is 1. The van der Waals surface area contributed by atoms with Gasteiger partial charge < -0.3 is 9.80 Å². The van der Waals surface area contributed by atoms with Crippen LogP contribution in [0.3, 0.4) is 0 Å². The third kappa shape index (κ3) is 5.04. The number of thiophene rings is 1. The molecule has 138 valence electrons. The number of anilines is 1. The molecule has 2 rings (SSSR count). The quantitative estimate of drug-likeness (QED) is 0.728. The Balaban J connectivity index is 2.13. The molecule has 0 saturated heterocycles. The van der Waals surface area contributed by atoms with Crippen LogP contribution in [0.1, 0.15) is 23.4 Å². The first kappa shape index (κ1) is 19.9. The molecule has 1 heterocycles. The van der Waals surface area contributed by atoms with Gasteiger partial charge in [-0.15, -0.1) is 11.3 Å². The van der Waals surface area contributed by atoms with E-state index in [4.69, 9.17) is 0 Å². The Labute approximate surface area is 155 Å². The van der Waals surface area contributed by atoms with Crippen molar-refractivity contribution in [2.75, 3.05) is 39.6 Å². The lowest BCUT2D eigenvalue weighted by Gasteiger charge is -2.23. The smallest absolute Gasteiger partial charge is 0.250 e. The maximum absolute atomic E-state index is 12.5. The summed E-state index contributed by atoms with van der Waals surface area (Å²) in [5.41, 5.74) is 2.25. The molecule has 0 fully saturated rings. The van der Waals surface area contributed by atoms with E-state index >= 15 is 0 Å². The van der Waals surface area contributed by atoms with Crippen LogP contribution in [-0.4, -0.2) is 43.2 Å². The predicted molar refractivity (Wildman–Crippen MR) is 105 cm³/mol. The van der Waals surface area contributed by atoms with Gasteiger partial charge in [0.15, 0.2) is 0 Å². The summed E-state index contributed by atoms with van der Waals surface area (Å²) < 4.78 is 28.3. The van der Waals surface area contributed by atoms with Crippen molar-refractivity contribution in [3.05, 3.63) is 46.8 Å². The van der Waals surface area contributed by atoms with Gasteiger partial charge in [-0.05, 0) is 30.7 Å². The summed E-state index contributed by atoms with van der Waals surface area (Å²) in [5.74, 6) is 0. The average Bonchev–Trinajstić information content (AvgIpc) is 3.05. The number of nitrogens with zero attached hydrogens (tertiary/aromatic N) is 1. The van der Waals surface area contributed by atoms with E-state index in [-0.39, 0.29) is 6.04 Å². The molecule has 0 aliphatic heterocycles. The van der Waals surface area contributed by atoms with Crippen molar-refractivity contribution in [1.29, 1.82) is 0 Å². The summed E-state index contributed by atoms with van der Waals surface area (Å²) in [6.07, 6.45) is 0.850. The van der Waals surface area contributed by atoms with Crippen LogP contribution in [0.5, 0.6) is 0 Å². The van der Waals surface area contributed by atoms with E-state index in [1.54, 1.807) is 6.07 Å². The van der Waals surface area contributed by atoms with Gasteiger partial charge in [0.1, 0.15) is 10.3 Å². The molecule has 0 aliphatic rings. The number of quaternary nitrogens is 1. The fourth-order valence-electron chi connectivity index (χ4n) is 2.62. The van der Waals surface area contributed by atoms with Crippen molar-refractivity contribution in [3.63, 3.8) is 0 Å². The molecule has 0 unspecified atom stereocenters. The zero-order chi connectivity index (χ0) is 18.6. The molecule has 5 nitrogen and oxygen atoms in total. The number of benzene rings is 1. The van der Waals surface area contributed by atoms with Gasteiger partial charge in [-0.25, -0.2) is 13.1 Å². The van der Waals surface area contributed by atoms with Gasteiger partial charge >= 0.3 is 0 Å². The van der Waals surface area contributed by atoms with Crippen LogP contribution in [0.15, 0.2) is 40.6 Å². The third-order valence-electron chi connectivity index (χ3n) is 4.24. The minimum atomic E-state index is -3.46. The molecule has 0 bridgehead atoms. The van der Waals surface area contributed by atoms with E-state index < -0.39 is 10.0 Å². The molecule has 0 saturated carbocycles. The number of sulfonamides is 1. The average molecular weight is 383 g/mol. The van der Waals surface area contributed by atoms with Crippen molar-refractivity contribution < 1.29 is 13.3 Å². The van der Waals surface area contributed by atoms with Crippen molar-refractivity contribution in [2.45, 2.75) is 23.6 Å². The fraction of sp³-hybridized carbons (Fsp3) is 0.444. The van der Waals surface area contributed by atoms with Gasteiger partial charge in [-0.3, -0.25) is 0 Å². The van der Waals surface area contributed by atoms with Crippen LogP contribution in [0, 0.1) is 0 Å². The SMILES string of the molecule is CCc1ccc(S(=O)(=O)NC[C@@H](c2ccc(N(C)C)cc2)[NH+](C)C)s1. The second kappa shape index (κ2) is 8.31. The molecule has 25 heavy (non-hydrogen) atoms. The monoisotopic (exact) mass is 382 g/mol. The van der Waals surface area contributed by atoms with Crippen molar-refractivity contribution in [2.24, 2.45) is 0 Å². The number of hydrogen-bond acceptors (Lipinski definition) is 4. The zero-order valence-corrected chi connectivity index (χ0v) is 17.2. The highest BCUT2D eigenvalue weighted by atomic mass is 32.2. The first-order valence-corrected chi connectivity index (χ1v) is 10.7. The predicted octanol–water partition coefficient (Wildman–Crippen LogP) is 1.54. The Morgan fingerprint density at radius 3 is 2.24 bits per heavy atom. The summed E-state index contributed by atoms with van der Waals surface area (Å²) in [6.45, 7) is 2.39. The molecular formula is C18H28N3O2S2+. The Kier molecular flexibility index (Phi) is 6.62. The van der Waals surface area contributed by atoms with Gasteiger partial charge in [-0.2, -0.15) is 0 Å². The van der Waals surface area contributed by atoms with Crippen molar-refractivity contribution in [3.8, 4) is 0 Å². The molecule has 0 spiro atoms. The molecule has 0 aliphatic carbocycles. The minimum Gasteiger partial charge on any atom is -0.378 e. The van der Waals surface area contributed by atoms with Gasteiger partial charge in [0.05, 0.1) is 20.6 Å². The van der Waals surface area contributed by atoms with Crippen molar-refractivity contribution in [1.82, 2.24) is 4.72 Å². The standard InChI is InChI=1S/C18H27N3O2S2/c1-6-16-11-12-18(24-16)25(22,23)19-13-17(21(4)5)14-7-9-15(10-8-14)20(2)3/h7-12,17,19H,6,13H2,1-5H3/p+1/t17-/m0/s1. The van der Waals surface area contributed by atoms with Gasteiger partial charge in [0, 0.05) is 30.2 Å². The number of hydrogen-bond donors (Lipinski definition) is 2. The lowest BCUT2D eigenvalue weighted by atomic mass is 10.1. The van der Waals surface area contributed by atoms with Crippen LogP contribution in [0.2, 0.25) is 0 Å². The Morgan fingerprint density at radius 1 is 1.12 bits per heavy atom. The fourth-order valence-corrected chi connectivity index (χ4v) is 5.00. The lowest BCUT2D eigenvalue weighted by molar-refractivity contribution is -0.890. The molecule has 1 aromatic carbocycles. The molecule has 1 aromatic heterocycles. The largest absolute Gasteiger partial charge is 0.378 e. The zero-order valence-electron chi connectivity index (χ0n) is 15.5. The maximum atomic E-state index is 12.5. The third-order valence-corrected chi connectivity index (χ3v) is 7.38. The summed E-state index contributed by atoms with van der Waals surface area (Å²) in [7, 11) is 4.63. The maximum Gasteiger partial charge on any atom is 0.250 e. The van der Waals surface area contributed by atoms with Gasteiger partial charge in [0.25, 0.3) is 0 Å². The first-order valence-electron chi connectivity index (χ1n) is 8.40. The highest BCUT2D eigenvalue weighted by molar-refractivity contribution is 7.91. The molecule has 0 amide bonds. The van der Waals surface area contributed by atoms with E-state index in [0.717, 1.165) is 22.5 Å². The second-order valence-corrected chi connectivity index (χ2v) is 9.70. The highest BCUT2D eigenvalue weighted by Gasteiger charge is 2.23. The number of likely N-dealkylation sites (N-methyl/N-ethyl adjacent to an activating group) is 1. The van der Waals surface area contributed by atoms with Gasteiger partial charge in [0.2, 0.25) is 10.0 Å². The molecule has 2 N–H and O–H groups in total. The van der Waals surface area contributed by atoms with Crippen LogP contribution in [0.25, 0.3) is 0 Å². The van der Waals surface area contributed by atoms with Crippen LogP contribution >= 0.6 is 11.3 Å².